The van der Waals surface area contributed by atoms with Gasteiger partial charge in [-0.15, -0.1) is 0 Å². The van der Waals surface area contributed by atoms with Crippen molar-refractivity contribution in [3.8, 4) is 0 Å². The van der Waals surface area contributed by atoms with Crippen LogP contribution in [0.2, 0.25) is 0 Å². The van der Waals surface area contributed by atoms with Crippen LogP contribution >= 0.6 is 0 Å². The van der Waals surface area contributed by atoms with Gasteiger partial charge in [-0.3, -0.25) is 4.98 Å². The van der Waals surface area contributed by atoms with Gasteiger partial charge in [0.15, 0.2) is 0 Å². The van der Waals surface area contributed by atoms with Crippen molar-refractivity contribution in [2.24, 2.45) is 10.8 Å². The molecule has 0 aromatic carbocycles. The van der Waals surface area contributed by atoms with E-state index in [9.17, 15) is 0 Å². The molecular weight excluding hydrogens is 332 g/mol. The van der Waals surface area contributed by atoms with Gasteiger partial charge in [0, 0.05) is 18.9 Å². The second kappa shape index (κ2) is 8.21. The third kappa shape index (κ3) is 4.24. The molecule has 3 nitrogen and oxygen atoms in total. The molecule has 1 aliphatic heterocycles. The summed E-state index contributed by atoms with van der Waals surface area (Å²) in [5, 5.41) is 0. The fraction of sp³-hybridized carbons (Fsp3) is 0.792. The topological polar surface area (TPSA) is 25.4 Å². The van der Waals surface area contributed by atoms with Crippen molar-refractivity contribution in [3.63, 3.8) is 0 Å². The smallest absolute Gasteiger partial charge is 0.0597 e. The number of hydrogen-bond donors (Lipinski definition) is 0. The molecule has 0 amide bonds. The summed E-state index contributed by atoms with van der Waals surface area (Å²) in [6.45, 7) is 9.70. The lowest BCUT2D eigenvalue weighted by Gasteiger charge is -2.55. The van der Waals surface area contributed by atoms with Crippen LogP contribution in [-0.2, 0) is 4.74 Å². The highest BCUT2D eigenvalue weighted by Crippen LogP contribution is 2.60. The summed E-state index contributed by atoms with van der Waals surface area (Å²) in [6.07, 6.45) is 16.5. The van der Waals surface area contributed by atoms with Crippen molar-refractivity contribution >= 4 is 0 Å². The van der Waals surface area contributed by atoms with Crippen molar-refractivity contribution in [1.29, 1.82) is 0 Å². The minimum atomic E-state index is 0.409. The summed E-state index contributed by atoms with van der Waals surface area (Å²) in [5.41, 5.74) is 2.38. The van der Waals surface area contributed by atoms with E-state index < -0.39 is 0 Å². The summed E-state index contributed by atoms with van der Waals surface area (Å²) in [5.74, 6) is 0.689. The normalized spacial score (nSPS) is 34.1. The molecule has 0 radical (unpaired) electrons. The van der Waals surface area contributed by atoms with Crippen molar-refractivity contribution in [2.45, 2.75) is 83.7 Å². The Labute approximate surface area is 165 Å². The van der Waals surface area contributed by atoms with Crippen LogP contribution < -0.4 is 0 Å². The van der Waals surface area contributed by atoms with Crippen LogP contribution in [0.1, 0.15) is 83.1 Å². The molecule has 0 N–H and O–H groups in total. The molecular formula is C24H38N2O. The average Bonchev–Trinajstić information content (AvgIpc) is 3.20. The molecule has 2 aliphatic carbocycles. The summed E-state index contributed by atoms with van der Waals surface area (Å²) < 4.78 is 6.29. The summed E-state index contributed by atoms with van der Waals surface area (Å²) in [4.78, 5) is 6.92. The summed E-state index contributed by atoms with van der Waals surface area (Å²) in [7, 11) is 0. The molecule has 27 heavy (non-hydrogen) atoms. The highest BCUT2D eigenvalue weighted by atomic mass is 16.5. The second-order valence-corrected chi connectivity index (χ2v) is 10.0. The van der Waals surface area contributed by atoms with E-state index in [0.29, 0.717) is 22.9 Å². The second-order valence-electron chi connectivity index (χ2n) is 10.0. The highest BCUT2D eigenvalue weighted by molar-refractivity contribution is 5.18. The molecule has 3 fully saturated rings. The van der Waals surface area contributed by atoms with Gasteiger partial charge in [-0.1, -0.05) is 19.9 Å². The lowest BCUT2D eigenvalue weighted by Crippen LogP contribution is -2.46. The van der Waals surface area contributed by atoms with Gasteiger partial charge in [0.05, 0.1) is 12.7 Å². The van der Waals surface area contributed by atoms with Gasteiger partial charge in [-0.2, -0.15) is 0 Å². The van der Waals surface area contributed by atoms with E-state index >= 15 is 0 Å². The summed E-state index contributed by atoms with van der Waals surface area (Å²) >= 11 is 0. The Bertz CT molecular complexity index is 586. The number of ether oxygens (including phenoxy) is 1. The molecule has 2 saturated carbocycles. The highest BCUT2D eigenvalue weighted by Gasteiger charge is 2.50. The zero-order valence-corrected chi connectivity index (χ0v) is 17.5. The molecule has 4 rings (SSSR count). The predicted molar refractivity (Wildman–Crippen MR) is 111 cm³/mol. The molecule has 3 aliphatic rings. The van der Waals surface area contributed by atoms with Crippen LogP contribution in [0.25, 0.3) is 0 Å². The number of rotatable bonds is 5. The number of pyridine rings is 1. The first-order valence-electron chi connectivity index (χ1n) is 11.3. The molecule has 1 spiro atoms. The number of likely N-dealkylation sites (tertiary alicyclic amines) is 1. The van der Waals surface area contributed by atoms with Crippen LogP contribution in [-0.4, -0.2) is 42.2 Å². The van der Waals surface area contributed by atoms with E-state index in [0.717, 1.165) is 13.2 Å². The maximum atomic E-state index is 6.29. The molecule has 1 atom stereocenters. The first-order chi connectivity index (χ1) is 13.1. The average molecular weight is 371 g/mol. The Morgan fingerprint density at radius 1 is 1.11 bits per heavy atom. The standard InChI is InChI=1S/C24H38N2O/c1-23(2)18-20(21-6-5-13-25-19-21)7-10-24(23)11-8-22(9-12-24)27-17-16-26-14-3-4-15-26/h5-6,13,19-20,22H,3-4,7-12,14-18H2,1-2H3. The van der Waals surface area contributed by atoms with E-state index in [1.54, 1.807) is 0 Å². The third-order valence-electron chi connectivity index (χ3n) is 8.17. The SMILES string of the molecule is CC1(C)CC(c2cccnc2)CCC12CCC(OCCN1CCCC1)CC2. The van der Waals surface area contributed by atoms with Crippen LogP contribution in [0.5, 0.6) is 0 Å². The number of aromatic nitrogens is 1. The molecule has 2 heterocycles. The van der Waals surface area contributed by atoms with Crippen molar-refractivity contribution in [3.05, 3.63) is 30.1 Å². The van der Waals surface area contributed by atoms with Gasteiger partial charge in [0.25, 0.3) is 0 Å². The minimum Gasteiger partial charge on any atom is -0.377 e. The molecule has 1 aromatic heterocycles. The Morgan fingerprint density at radius 3 is 2.52 bits per heavy atom. The van der Waals surface area contributed by atoms with Crippen molar-refractivity contribution in [2.75, 3.05) is 26.2 Å². The Hall–Kier alpha value is -0.930. The largest absolute Gasteiger partial charge is 0.377 e. The molecule has 1 saturated heterocycles. The van der Waals surface area contributed by atoms with Crippen LogP contribution in [0.3, 0.4) is 0 Å². The van der Waals surface area contributed by atoms with E-state index in [1.807, 2.05) is 6.20 Å². The van der Waals surface area contributed by atoms with Gasteiger partial charge < -0.3 is 9.64 Å². The van der Waals surface area contributed by atoms with E-state index in [1.165, 1.54) is 76.4 Å². The molecule has 3 heteroatoms. The Kier molecular flexibility index (Phi) is 5.89. The third-order valence-corrected chi connectivity index (χ3v) is 8.17. The lowest BCUT2D eigenvalue weighted by atomic mass is 9.50. The van der Waals surface area contributed by atoms with Crippen LogP contribution in [0.15, 0.2) is 24.5 Å². The zero-order valence-electron chi connectivity index (χ0n) is 17.5. The van der Waals surface area contributed by atoms with E-state index in [2.05, 4.69) is 42.1 Å². The fourth-order valence-electron chi connectivity index (χ4n) is 6.22. The van der Waals surface area contributed by atoms with Crippen molar-refractivity contribution in [1.82, 2.24) is 9.88 Å². The van der Waals surface area contributed by atoms with Gasteiger partial charge in [0.1, 0.15) is 0 Å². The van der Waals surface area contributed by atoms with Crippen LogP contribution in [0.4, 0.5) is 0 Å². The Balaban J connectivity index is 1.28. The van der Waals surface area contributed by atoms with Gasteiger partial charge in [0.2, 0.25) is 0 Å². The number of hydrogen-bond acceptors (Lipinski definition) is 3. The van der Waals surface area contributed by atoms with Gasteiger partial charge in [-0.25, -0.2) is 0 Å². The van der Waals surface area contributed by atoms with E-state index in [-0.39, 0.29) is 0 Å². The zero-order chi connectivity index (χ0) is 18.7. The summed E-state index contributed by atoms with van der Waals surface area (Å²) in [6, 6.07) is 4.37. The Morgan fingerprint density at radius 2 is 1.85 bits per heavy atom. The van der Waals surface area contributed by atoms with Gasteiger partial charge >= 0.3 is 0 Å². The maximum Gasteiger partial charge on any atom is 0.0597 e. The van der Waals surface area contributed by atoms with Crippen molar-refractivity contribution < 1.29 is 4.74 Å². The van der Waals surface area contributed by atoms with Gasteiger partial charge in [-0.05, 0) is 99.3 Å². The molecule has 0 bridgehead atoms. The monoisotopic (exact) mass is 370 g/mol. The maximum absolute atomic E-state index is 6.29. The molecule has 1 unspecified atom stereocenters. The van der Waals surface area contributed by atoms with Crippen LogP contribution in [0, 0.1) is 10.8 Å². The molecule has 150 valence electrons. The quantitative estimate of drug-likeness (QED) is 0.692. The number of nitrogens with zero attached hydrogens (tertiary/aromatic N) is 2. The lowest BCUT2D eigenvalue weighted by molar-refractivity contribution is -0.0744. The van der Waals surface area contributed by atoms with E-state index in [4.69, 9.17) is 4.74 Å². The first-order valence-corrected chi connectivity index (χ1v) is 11.3. The minimum absolute atomic E-state index is 0.409. The fourth-order valence-corrected chi connectivity index (χ4v) is 6.22. The molecule has 1 aromatic rings. The predicted octanol–water partition coefficient (Wildman–Crippen LogP) is 5.42. The first kappa shape index (κ1) is 19.4.